The zero-order chi connectivity index (χ0) is 23.2. The average molecular weight is 472 g/mol. The molecule has 0 spiro atoms. The van der Waals surface area contributed by atoms with E-state index in [0.29, 0.717) is 16.5 Å². The molecule has 8 heteroatoms. The molecule has 0 saturated heterocycles. The topological polar surface area (TPSA) is 78.9 Å². The number of fused-ring (bicyclic) bond motifs is 1. The van der Waals surface area contributed by atoms with E-state index < -0.39 is 11.7 Å². The molecule has 0 saturated carbocycles. The van der Waals surface area contributed by atoms with Crippen molar-refractivity contribution in [1.29, 1.82) is 5.26 Å². The standard InChI is InChI=1S/C24H23ClFN3O2S/c1-12-19(21(29-31-12)20-16(25)6-5-7-17(20)26)22(30)28-23-15(11-27)14-9-8-13(24(2,3)4)10-18(14)32-23/h5-7,13H,8-10H2,1-4H3,(H,28,30)/t13-/m0/s1. The third kappa shape index (κ3) is 3.94. The second-order valence-electron chi connectivity index (χ2n) is 9.14. The number of aromatic nitrogens is 1. The van der Waals surface area contributed by atoms with Crippen LogP contribution in [0.1, 0.15) is 59.3 Å². The number of hydrogen-bond acceptors (Lipinski definition) is 5. The maximum Gasteiger partial charge on any atom is 0.262 e. The molecular formula is C24H23ClFN3O2S. The highest BCUT2D eigenvalue weighted by atomic mass is 35.5. The van der Waals surface area contributed by atoms with E-state index in [1.165, 1.54) is 29.5 Å². The number of carbonyl (C=O) groups is 1. The maximum atomic E-state index is 14.5. The van der Waals surface area contributed by atoms with Crippen LogP contribution in [0.5, 0.6) is 0 Å². The summed E-state index contributed by atoms with van der Waals surface area (Å²) in [6.45, 7) is 8.27. The fraction of sp³-hybridized carbons (Fsp3) is 0.375. The number of rotatable bonds is 3. The van der Waals surface area contributed by atoms with Gasteiger partial charge in [-0.15, -0.1) is 11.3 Å². The van der Waals surface area contributed by atoms with Gasteiger partial charge in [0, 0.05) is 4.88 Å². The molecule has 1 atom stereocenters. The molecule has 1 aromatic carbocycles. The quantitative estimate of drug-likeness (QED) is 0.456. The van der Waals surface area contributed by atoms with Gasteiger partial charge in [0.25, 0.3) is 5.91 Å². The summed E-state index contributed by atoms with van der Waals surface area (Å²) in [6, 6.07) is 6.52. The van der Waals surface area contributed by atoms with Crippen LogP contribution in [-0.2, 0) is 12.8 Å². The highest BCUT2D eigenvalue weighted by Gasteiger charge is 2.33. The molecule has 1 N–H and O–H groups in total. The molecule has 32 heavy (non-hydrogen) atoms. The molecule has 5 nitrogen and oxygen atoms in total. The first-order valence-electron chi connectivity index (χ1n) is 10.4. The van der Waals surface area contributed by atoms with Crippen LogP contribution in [-0.4, -0.2) is 11.1 Å². The van der Waals surface area contributed by atoms with Crippen LogP contribution in [0.4, 0.5) is 9.39 Å². The van der Waals surface area contributed by atoms with E-state index in [1.807, 2.05) is 0 Å². The number of anilines is 1. The normalized spacial score (nSPS) is 15.8. The number of carbonyl (C=O) groups excluding carboxylic acids is 1. The Morgan fingerprint density at radius 1 is 1.41 bits per heavy atom. The van der Waals surface area contributed by atoms with E-state index >= 15 is 0 Å². The van der Waals surface area contributed by atoms with Crippen molar-refractivity contribution in [2.75, 3.05) is 5.32 Å². The molecule has 0 aliphatic heterocycles. The minimum absolute atomic E-state index is 0.00941. The molecule has 166 valence electrons. The minimum Gasteiger partial charge on any atom is -0.360 e. The fourth-order valence-electron chi connectivity index (χ4n) is 4.23. The van der Waals surface area contributed by atoms with Crippen LogP contribution in [0.3, 0.4) is 0 Å². The number of nitriles is 1. The van der Waals surface area contributed by atoms with Crippen molar-refractivity contribution >= 4 is 33.8 Å². The molecule has 1 amide bonds. The molecule has 2 aromatic heterocycles. The SMILES string of the molecule is Cc1onc(-c2c(F)cccc2Cl)c1C(=O)Nc1sc2c(c1C#N)CC[C@H](C(C)(C)C)C2. The largest absolute Gasteiger partial charge is 0.360 e. The van der Waals surface area contributed by atoms with Crippen molar-refractivity contribution in [2.45, 2.75) is 47.0 Å². The Bertz CT molecular complexity index is 1230. The summed E-state index contributed by atoms with van der Waals surface area (Å²) in [5.74, 6) is -0.360. The highest BCUT2D eigenvalue weighted by molar-refractivity contribution is 7.16. The van der Waals surface area contributed by atoms with Crippen molar-refractivity contribution < 1.29 is 13.7 Å². The number of nitrogens with zero attached hydrogens (tertiary/aromatic N) is 2. The van der Waals surface area contributed by atoms with Gasteiger partial charge in [-0.2, -0.15) is 5.26 Å². The smallest absolute Gasteiger partial charge is 0.262 e. The van der Waals surface area contributed by atoms with Gasteiger partial charge < -0.3 is 9.84 Å². The zero-order valence-corrected chi connectivity index (χ0v) is 19.9. The summed E-state index contributed by atoms with van der Waals surface area (Å²) in [5, 5.41) is 17.2. The monoisotopic (exact) mass is 471 g/mol. The molecule has 4 rings (SSSR count). The molecule has 1 aliphatic rings. The summed E-state index contributed by atoms with van der Waals surface area (Å²) in [6.07, 6.45) is 2.71. The fourth-order valence-corrected chi connectivity index (χ4v) is 5.76. The van der Waals surface area contributed by atoms with Crippen LogP contribution < -0.4 is 5.32 Å². The van der Waals surface area contributed by atoms with Crippen LogP contribution >= 0.6 is 22.9 Å². The molecule has 0 fully saturated rings. The van der Waals surface area contributed by atoms with Gasteiger partial charge in [0.15, 0.2) is 0 Å². The number of aryl methyl sites for hydroxylation is 1. The van der Waals surface area contributed by atoms with Crippen molar-refractivity contribution in [3.63, 3.8) is 0 Å². The van der Waals surface area contributed by atoms with E-state index in [2.05, 4.69) is 37.3 Å². The predicted molar refractivity (Wildman–Crippen MR) is 124 cm³/mol. The predicted octanol–water partition coefficient (Wildman–Crippen LogP) is 6.78. The van der Waals surface area contributed by atoms with E-state index in [1.54, 1.807) is 6.92 Å². The molecule has 3 aromatic rings. The van der Waals surface area contributed by atoms with Gasteiger partial charge in [-0.1, -0.05) is 43.6 Å². The lowest BCUT2D eigenvalue weighted by Crippen LogP contribution is -2.26. The van der Waals surface area contributed by atoms with Crippen molar-refractivity contribution in [3.8, 4) is 17.3 Å². The van der Waals surface area contributed by atoms with Gasteiger partial charge in [-0.25, -0.2) is 4.39 Å². The highest BCUT2D eigenvalue weighted by Crippen LogP contribution is 2.44. The number of nitrogens with one attached hydrogen (secondary N) is 1. The summed E-state index contributed by atoms with van der Waals surface area (Å²) in [7, 11) is 0. The maximum absolute atomic E-state index is 14.5. The lowest BCUT2D eigenvalue weighted by Gasteiger charge is -2.33. The van der Waals surface area contributed by atoms with Gasteiger partial charge in [0.05, 0.1) is 16.1 Å². The Balaban J connectivity index is 1.69. The lowest BCUT2D eigenvalue weighted by molar-refractivity contribution is 0.102. The Kier molecular flexibility index (Phi) is 5.87. The van der Waals surface area contributed by atoms with Gasteiger partial charge in [0.1, 0.15) is 33.9 Å². The van der Waals surface area contributed by atoms with Crippen molar-refractivity contribution in [1.82, 2.24) is 5.16 Å². The first kappa shape index (κ1) is 22.5. The molecule has 0 radical (unpaired) electrons. The summed E-state index contributed by atoms with van der Waals surface area (Å²) in [5.41, 5.74) is 1.84. The Hall–Kier alpha value is -2.69. The molecule has 1 aliphatic carbocycles. The average Bonchev–Trinajstić information content (AvgIpc) is 3.26. The molecule has 0 bridgehead atoms. The number of hydrogen-bond donors (Lipinski definition) is 1. The summed E-state index contributed by atoms with van der Waals surface area (Å²) < 4.78 is 19.7. The van der Waals surface area contributed by atoms with Crippen LogP contribution in [0.2, 0.25) is 5.02 Å². The van der Waals surface area contributed by atoms with E-state index in [4.69, 9.17) is 16.1 Å². The molecule has 0 unspecified atom stereocenters. The first-order chi connectivity index (χ1) is 15.1. The van der Waals surface area contributed by atoms with Crippen molar-refractivity contribution in [2.24, 2.45) is 11.3 Å². The van der Waals surface area contributed by atoms with Gasteiger partial charge in [-0.3, -0.25) is 4.79 Å². The summed E-state index contributed by atoms with van der Waals surface area (Å²) >= 11 is 7.62. The second kappa shape index (κ2) is 8.34. The van der Waals surface area contributed by atoms with Crippen LogP contribution in [0.25, 0.3) is 11.3 Å². The lowest BCUT2D eigenvalue weighted by atomic mass is 9.72. The summed E-state index contributed by atoms with van der Waals surface area (Å²) in [4.78, 5) is 14.4. The number of amides is 1. The third-order valence-electron chi connectivity index (χ3n) is 6.12. The van der Waals surface area contributed by atoms with Gasteiger partial charge in [-0.05, 0) is 55.2 Å². The van der Waals surface area contributed by atoms with Crippen LogP contribution in [0, 0.1) is 35.4 Å². The number of halogens is 2. The number of thiophene rings is 1. The van der Waals surface area contributed by atoms with Gasteiger partial charge in [0.2, 0.25) is 0 Å². The Morgan fingerprint density at radius 3 is 2.81 bits per heavy atom. The van der Waals surface area contributed by atoms with Gasteiger partial charge >= 0.3 is 0 Å². The van der Waals surface area contributed by atoms with Crippen molar-refractivity contribution in [3.05, 3.63) is 56.4 Å². The van der Waals surface area contributed by atoms with E-state index in [9.17, 15) is 14.4 Å². The third-order valence-corrected chi connectivity index (χ3v) is 7.60. The minimum atomic E-state index is -0.600. The van der Waals surface area contributed by atoms with E-state index in [-0.39, 0.29) is 33.0 Å². The molecule has 2 heterocycles. The zero-order valence-electron chi connectivity index (χ0n) is 18.3. The van der Waals surface area contributed by atoms with E-state index in [0.717, 1.165) is 29.7 Å². The van der Waals surface area contributed by atoms with Crippen LogP contribution in [0.15, 0.2) is 22.7 Å². The Morgan fingerprint density at radius 2 is 2.16 bits per heavy atom. The second-order valence-corrected chi connectivity index (χ2v) is 10.7. The molecular weight excluding hydrogens is 449 g/mol. The Labute approximate surface area is 195 Å². The first-order valence-corrected chi connectivity index (χ1v) is 11.6. The number of benzene rings is 1.